The number of ether oxygens (including phenoxy) is 1. The lowest BCUT2D eigenvalue weighted by atomic mass is 9.54. The average molecular weight is 321 g/mol. The highest BCUT2D eigenvalue weighted by Crippen LogP contribution is 2.51. The Kier molecular flexibility index (Phi) is 3.71. The SMILES string of the molecule is CCO[C@H]1C[C@@](NC(=O)c2cc(C3CC3)[nH]n2)(C(=O)O)C1(C)C. The van der Waals surface area contributed by atoms with E-state index in [9.17, 15) is 14.7 Å². The summed E-state index contributed by atoms with van der Waals surface area (Å²) in [6.07, 6.45) is 2.27. The van der Waals surface area contributed by atoms with E-state index in [0.717, 1.165) is 18.5 Å². The van der Waals surface area contributed by atoms with Crippen LogP contribution in [-0.2, 0) is 9.53 Å². The number of hydrogen-bond donors (Lipinski definition) is 3. The number of rotatable bonds is 6. The highest BCUT2D eigenvalue weighted by molar-refractivity contribution is 5.97. The second kappa shape index (κ2) is 5.33. The molecule has 23 heavy (non-hydrogen) atoms. The van der Waals surface area contributed by atoms with Crippen LogP contribution in [0, 0.1) is 5.41 Å². The second-order valence-electron chi connectivity index (χ2n) is 7.02. The molecule has 1 aromatic heterocycles. The topological polar surface area (TPSA) is 104 Å². The van der Waals surface area contributed by atoms with Crippen molar-refractivity contribution in [2.24, 2.45) is 5.41 Å². The highest BCUT2D eigenvalue weighted by Gasteiger charge is 2.66. The van der Waals surface area contributed by atoms with E-state index in [-0.39, 0.29) is 18.2 Å². The smallest absolute Gasteiger partial charge is 0.330 e. The van der Waals surface area contributed by atoms with Crippen molar-refractivity contribution in [3.05, 3.63) is 17.5 Å². The van der Waals surface area contributed by atoms with Crippen molar-refractivity contribution in [2.75, 3.05) is 6.61 Å². The molecule has 7 heteroatoms. The third-order valence-corrected chi connectivity index (χ3v) is 5.30. The maximum Gasteiger partial charge on any atom is 0.330 e. The molecule has 1 amide bonds. The lowest BCUT2D eigenvalue weighted by Crippen LogP contribution is -2.76. The molecule has 1 heterocycles. The van der Waals surface area contributed by atoms with Gasteiger partial charge in [0.15, 0.2) is 0 Å². The second-order valence-corrected chi connectivity index (χ2v) is 7.02. The van der Waals surface area contributed by atoms with Crippen LogP contribution in [0.4, 0.5) is 0 Å². The number of amides is 1. The quantitative estimate of drug-likeness (QED) is 0.739. The number of carbonyl (C=O) groups is 2. The average Bonchev–Trinajstić information content (AvgIpc) is 3.22. The summed E-state index contributed by atoms with van der Waals surface area (Å²) in [5, 5.41) is 19.3. The van der Waals surface area contributed by atoms with Crippen LogP contribution < -0.4 is 5.32 Å². The number of H-pyrrole nitrogens is 1. The molecular weight excluding hydrogens is 298 g/mol. The van der Waals surface area contributed by atoms with Gasteiger partial charge in [0, 0.05) is 30.1 Å². The molecule has 0 unspecified atom stereocenters. The summed E-state index contributed by atoms with van der Waals surface area (Å²) in [6, 6.07) is 1.72. The van der Waals surface area contributed by atoms with Gasteiger partial charge in [0.1, 0.15) is 11.2 Å². The van der Waals surface area contributed by atoms with E-state index in [1.165, 1.54) is 0 Å². The zero-order valence-electron chi connectivity index (χ0n) is 13.7. The largest absolute Gasteiger partial charge is 0.479 e. The fourth-order valence-electron chi connectivity index (χ4n) is 3.35. The molecule has 0 saturated heterocycles. The number of carboxylic acid groups (broad SMARTS) is 1. The van der Waals surface area contributed by atoms with Crippen molar-refractivity contribution >= 4 is 11.9 Å². The van der Waals surface area contributed by atoms with Crippen LogP contribution in [0.25, 0.3) is 0 Å². The van der Waals surface area contributed by atoms with E-state index in [0.29, 0.717) is 12.5 Å². The zero-order valence-corrected chi connectivity index (χ0v) is 13.7. The molecule has 0 spiro atoms. The van der Waals surface area contributed by atoms with Crippen LogP contribution in [0.5, 0.6) is 0 Å². The lowest BCUT2D eigenvalue weighted by molar-refractivity contribution is -0.190. The highest BCUT2D eigenvalue weighted by atomic mass is 16.5. The fraction of sp³-hybridized carbons (Fsp3) is 0.688. The van der Waals surface area contributed by atoms with Gasteiger partial charge in [-0.05, 0) is 25.8 Å². The minimum Gasteiger partial charge on any atom is -0.479 e. The van der Waals surface area contributed by atoms with E-state index in [1.54, 1.807) is 6.07 Å². The molecule has 2 aliphatic rings. The van der Waals surface area contributed by atoms with E-state index >= 15 is 0 Å². The molecule has 0 bridgehead atoms. The minimum absolute atomic E-state index is 0.190. The van der Waals surface area contributed by atoms with Gasteiger partial charge >= 0.3 is 5.97 Å². The molecule has 0 aliphatic heterocycles. The van der Waals surface area contributed by atoms with Crippen LogP contribution in [-0.4, -0.2) is 45.4 Å². The molecule has 3 N–H and O–H groups in total. The molecule has 126 valence electrons. The van der Waals surface area contributed by atoms with Gasteiger partial charge in [0.25, 0.3) is 5.91 Å². The predicted molar refractivity (Wildman–Crippen MR) is 82.2 cm³/mol. The van der Waals surface area contributed by atoms with Crippen LogP contribution in [0.3, 0.4) is 0 Å². The van der Waals surface area contributed by atoms with Crippen molar-refractivity contribution < 1.29 is 19.4 Å². The van der Waals surface area contributed by atoms with Gasteiger partial charge in [0.05, 0.1) is 6.10 Å². The number of carboxylic acids is 1. The third-order valence-electron chi connectivity index (χ3n) is 5.30. The van der Waals surface area contributed by atoms with Gasteiger partial charge in [-0.2, -0.15) is 5.10 Å². The Hall–Kier alpha value is -1.89. The van der Waals surface area contributed by atoms with Gasteiger partial charge < -0.3 is 15.2 Å². The standard InChI is InChI=1S/C16H23N3O4/c1-4-23-12-8-16(14(21)22,15(12,2)3)17-13(20)11-7-10(18-19-11)9-5-6-9/h7,9,12H,4-6,8H2,1-3H3,(H,17,20)(H,18,19)(H,21,22)/t12-,16+/m0/s1. The third kappa shape index (κ3) is 2.43. The molecule has 2 aliphatic carbocycles. The maximum absolute atomic E-state index is 12.5. The van der Waals surface area contributed by atoms with Gasteiger partial charge in [0.2, 0.25) is 0 Å². The number of hydrogen-bond acceptors (Lipinski definition) is 4. The first-order valence-electron chi connectivity index (χ1n) is 8.04. The Bertz CT molecular complexity index is 635. The molecular formula is C16H23N3O4. The van der Waals surface area contributed by atoms with Crippen LogP contribution >= 0.6 is 0 Å². The van der Waals surface area contributed by atoms with E-state index in [2.05, 4.69) is 15.5 Å². The number of aromatic nitrogens is 2. The van der Waals surface area contributed by atoms with Crippen LogP contribution in [0.1, 0.15) is 62.1 Å². The summed E-state index contributed by atoms with van der Waals surface area (Å²) in [7, 11) is 0. The number of aliphatic carboxylic acids is 1. The molecule has 0 radical (unpaired) electrons. The molecule has 0 aromatic carbocycles. The van der Waals surface area contributed by atoms with Gasteiger partial charge in [-0.3, -0.25) is 9.89 Å². The summed E-state index contributed by atoms with van der Waals surface area (Å²) in [4.78, 5) is 24.3. The number of nitrogens with one attached hydrogen (secondary N) is 2. The minimum atomic E-state index is -1.33. The first-order valence-corrected chi connectivity index (χ1v) is 8.04. The van der Waals surface area contributed by atoms with Gasteiger partial charge in [-0.1, -0.05) is 13.8 Å². The monoisotopic (exact) mass is 321 g/mol. The Morgan fingerprint density at radius 1 is 1.48 bits per heavy atom. The van der Waals surface area contributed by atoms with Crippen LogP contribution in [0.15, 0.2) is 6.07 Å². The van der Waals surface area contributed by atoms with Crippen LogP contribution in [0.2, 0.25) is 0 Å². The van der Waals surface area contributed by atoms with Crippen molar-refractivity contribution in [1.82, 2.24) is 15.5 Å². The maximum atomic E-state index is 12.5. The molecule has 1 aromatic rings. The predicted octanol–water partition coefficient (Wildman–Crippen LogP) is 1.68. The first-order chi connectivity index (χ1) is 10.8. The number of carbonyl (C=O) groups excluding carboxylic acids is 1. The summed E-state index contributed by atoms with van der Waals surface area (Å²) in [5.41, 5.74) is -0.842. The van der Waals surface area contributed by atoms with Crippen molar-refractivity contribution in [1.29, 1.82) is 0 Å². The molecule has 2 saturated carbocycles. The Morgan fingerprint density at radius 3 is 2.70 bits per heavy atom. The van der Waals surface area contributed by atoms with Crippen molar-refractivity contribution in [2.45, 2.75) is 57.6 Å². The lowest BCUT2D eigenvalue weighted by Gasteiger charge is -2.58. The first kappa shape index (κ1) is 16.0. The Labute approximate surface area is 134 Å². The van der Waals surface area contributed by atoms with E-state index < -0.39 is 22.8 Å². The summed E-state index contributed by atoms with van der Waals surface area (Å²) >= 11 is 0. The van der Waals surface area contributed by atoms with E-state index in [4.69, 9.17) is 4.74 Å². The normalized spacial score (nSPS) is 28.9. The fourth-order valence-corrected chi connectivity index (χ4v) is 3.35. The summed E-state index contributed by atoms with van der Waals surface area (Å²) in [5.74, 6) is -1.04. The van der Waals surface area contributed by atoms with Gasteiger partial charge in [-0.15, -0.1) is 0 Å². The number of nitrogens with zero attached hydrogens (tertiary/aromatic N) is 1. The Balaban J connectivity index is 1.77. The molecule has 2 fully saturated rings. The number of aromatic amines is 1. The van der Waals surface area contributed by atoms with Crippen molar-refractivity contribution in [3.63, 3.8) is 0 Å². The molecule has 2 atom stereocenters. The van der Waals surface area contributed by atoms with E-state index in [1.807, 2.05) is 20.8 Å². The zero-order chi connectivity index (χ0) is 16.8. The Morgan fingerprint density at radius 2 is 2.17 bits per heavy atom. The van der Waals surface area contributed by atoms with Gasteiger partial charge in [-0.25, -0.2) is 4.79 Å². The van der Waals surface area contributed by atoms with Crippen molar-refractivity contribution in [3.8, 4) is 0 Å². The molecule has 7 nitrogen and oxygen atoms in total. The summed E-state index contributed by atoms with van der Waals surface area (Å²) in [6.45, 7) is 6.01. The molecule has 3 rings (SSSR count). The summed E-state index contributed by atoms with van der Waals surface area (Å²) < 4.78 is 5.59.